The molecule has 0 aliphatic rings. The van der Waals surface area contributed by atoms with Gasteiger partial charge in [0.05, 0.1) is 5.52 Å². The van der Waals surface area contributed by atoms with Gasteiger partial charge in [-0.3, -0.25) is 9.89 Å². The maximum absolute atomic E-state index is 12.5. The zero-order valence-corrected chi connectivity index (χ0v) is 14.0. The Morgan fingerprint density at radius 2 is 1.84 bits per heavy atom. The van der Waals surface area contributed by atoms with E-state index in [1.807, 2.05) is 32.0 Å². The van der Waals surface area contributed by atoms with Crippen molar-refractivity contribution in [1.29, 1.82) is 0 Å². The number of fused-ring (bicyclic) bond motifs is 1. The molecule has 25 heavy (non-hydrogen) atoms. The van der Waals surface area contributed by atoms with Gasteiger partial charge in [-0.25, -0.2) is 4.79 Å². The van der Waals surface area contributed by atoms with Crippen LogP contribution in [-0.4, -0.2) is 28.7 Å². The number of urea groups is 1. The second kappa shape index (κ2) is 7.04. The lowest BCUT2D eigenvalue weighted by atomic mass is 10.1. The Morgan fingerprint density at radius 3 is 2.60 bits per heavy atom. The Bertz CT molecular complexity index is 932. The summed E-state index contributed by atoms with van der Waals surface area (Å²) in [6.45, 7) is 4.34. The molecule has 7 nitrogen and oxygen atoms in total. The van der Waals surface area contributed by atoms with Crippen molar-refractivity contribution in [3.63, 3.8) is 0 Å². The Labute approximate surface area is 144 Å². The fourth-order valence-electron chi connectivity index (χ4n) is 2.50. The number of H-pyrrole nitrogens is 1. The smallest absolute Gasteiger partial charge is 0.319 e. The molecular weight excluding hydrogens is 318 g/mol. The van der Waals surface area contributed by atoms with Gasteiger partial charge >= 0.3 is 6.03 Å². The Morgan fingerprint density at radius 1 is 1.08 bits per heavy atom. The molecule has 0 aliphatic carbocycles. The quantitative estimate of drug-likeness (QED) is 0.588. The van der Waals surface area contributed by atoms with Gasteiger partial charge in [-0.05, 0) is 44.2 Å². The molecule has 3 aromatic rings. The zero-order chi connectivity index (χ0) is 17.8. The van der Waals surface area contributed by atoms with Crippen LogP contribution < -0.4 is 16.0 Å². The van der Waals surface area contributed by atoms with Gasteiger partial charge in [-0.2, -0.15) is 5.10 Å². The third-order valence-corrected chi connectivity index (χ3v) is 3.65. The van der Waals surface area contributed by atoms with E-state index in [4.69, 9.17) is 0 Å². The van der Waals surface area contributed by atoms with E-state index in [2.05, 4.69) is 26.1 Å². The molecule has 0 atom stereocenters. The number of rotatable bonds is 4. The predicted molar refractivity (Wildman–Crippen MR) is 97.9 cm³/mol. The SMILES string of the molecule is CCNC(=O)Nc1cccc(NC(=O)c2n[nH]c3ccc(C)cc23)c1. The molecule has 3 amide bonds. The molecule has 1 heterocycles. The minimum atomic E-state index is -0.313. The minimum absolute atomic E-state index is 0.292. The maximum Gasteiger partial charge on any atom is 0.319 e. The standard InChI is InChI=1S/C18H19N5O2/c1-3-19-18(25)21-13-6-4-5-12(10-13)20-17(24)16-14-9-11(2)7-8-15(14)22-23-16/h4-10H,3H2,1-2H3,(H,20,24)(H,22,23)(H2,19,21,25). The van der Waals surface area contributed by atoms with E-state index in [9.17, 15) is 9.59 Å². The molecule has 0 bridgehead atoms. The lowest BCUT2D eigenvalue weighted by molar-refractivity contribution is 0.102. The largest absolute Gasteiger partial charge is 0.338 e. The lowest BCUT2D eigenvalue weighted by Gasteiger charge is -2.08. The molecule has 0 unspecified atom stereocenters. The van der Waals surface area contributed by atoms with E-state index in [1.165, 1.54) is 0 Å². The number of nitrogens with zero attached hydrogens (tertiary/aromatic N) is 1. The molecular formula is C18H19N5O2. The molecule has 0 saturated heterocycles. The van der Waals surface area contributed by atoms with Crippen LogP contribution in [0.5, 0.6) is 0 Å². The van der Waals surface area contributed by atoms with Crippen LogP contribution in [-0.2, 0) is 0 Å². The van der Waals surface area contributed by atoms with Gasteiger partial charge in [0.25, 0.3) is 5.91 Å². The van der Waals surface area contributed by atoms with Crippen molar-refractivity contribution in [3.05, 3.63) is 53.7 Å². The topological polar surface area (TPSA) is 98.9 Å². The van der Waals surface area contributed by atoms with Crippen molar-refractivity contribution in [2.45, 2.75) is 13.8 Å². The van der Waals surface area contributed by atoms with E-state index in [0.717, 1.165) is 16.5 Å². The van der Waals surface area contributed by atoms with Crippen LogP contribution in [0.3, 0.4) is 0 Å². The van der Waals surface area contributed by atoms with Crippen molar-refractivity contribution in [1.82, 2.24) is 15.5 Å². The Hall–Kier alpha value is -3.35. The van der Waals surface area contributed by atoms with Crippen LogP contribution in [0.15, 0.2) is 42.5 Å². The van der Waals surface area contributed by atoms with Crippen molar-refractivity contribution in [2.75, 3.05) is 17.2 Å². The normalized spacial score (nSPS) is 10.5. The fraction of sp³-hybridized carbons (Fsp3) is 0.167. The van der Waals surface area contributed by atoms with E-state index in [0.29, 0.717) is 23.6 Å². The summed E-state index contributed by atoms with van der Waals surface area (Å²) in [6, 6.07) is 12.4. The first kappa shape index (κ1) is 16.5. The fourth-order valence-corrected chi connectivity index (χ4v) is 2.50. The molecule has 3 rings (SSSR count). The van der Waals surface area contributed by atoms with Crippen molar-refractivity contribution in [2.24, 2.45) is 0 Å². The first-order valence-electron chi connectivity index (χ1n) is 7.98. The highest BCUT2D eigenvalue weighted by atomic mass is 16.2. The highest BCUT2D eigenvalue weighted by Gasteiger charge is 2.14. The highest BCUT2D eigenvalue weighted by Crippen LogP contribution is 2.20. The second-order valence-electron chi connectivity index (χ2n) is 5.64. The molecule has 0 radical (unpaired) electrons. The van der Waals surface area contributed by atoms with Gasteiger partial charge in [0.15, 0.2) is 5.69 Å². The lowest BCUT2D eigenvalue weighted by Crippen LogP contribution is -2.28. The molecule has 4 N–H and O–H groups in total. The Balaban J connectivity index is 1.78. The number of carbonyl (C=O) groups excluding carboxylic acids is 2. The monoisotopic (exact) mass is 337 g/mol. The number of hydrogen-bond acceptors (Lipinski definition) is 3. The number of aryl methyl sites for hydroxylation is 1. The molecule has 0 saturated carbocycles. The van der Waals surface area contributed by atoms with Crippen molar-refractivity contribution < 1.29 is 9.59 Å². The van der Waals surface area contributed by atoms with Gasteiger partial charge < -0.3 is 16.0 Å². The number of carbonyl (C=O) groups is 2. The van der Waals surface area contributed by atoms with Crippen LogP contribution >= 0.6 is 0 Å². The number of benzene rings is 2. The molecule has 0 aliphatic heterocycles. The first-order valence-corrected chi connectivity index (χ1v) is 7.98. The predicted octanol–water partition coefficient (Wildman–Crippen LogP) is 3.27. The molecule has 7 heteroatoms. The van der Waals surface area contributed by atoms with Gasteiger partial charge in [-0.15, -0.1) is 0 Å². The number of aromatic nitrogens is 2. The number of nitrogens with one attached hydrogen (secondary N) is 4. The van der Waals surface area contributed by atoms with Crippen LogP contribution in [0.1, 0.15) is 23.0 Å². The van der Waals surface area contributed by atoms with Crippen molar-refractivity contribution >= 4 is 34.2 Å². The number of hydrogen-bond donors (Lipinski definition) is 4. The first-order chi connectivity index (χ1) is 12.1. The summed E-state index contributed by atoms with van der Waals surface area (Å²) in [5.41, 5.74) is 3.36. The third-order valence-electron chi connectivity index (χ3n) is 3.65. The number of aromatic amines is 1. The minimum Gasteiger partial charge on any atom is -0.338 e. The van der Waals surface area contributed by atoms with E-state index in [-0.39, 0.29) is 11.9 Å². The molecule has 0 fully saturated rings. The van der Waals surface area contributed by atoms with Crippen LogP contribution in [0.2, 0.25) is 0 Å². The van der Waals surface area contributed by atoms with Crippen LogP contribution in [0, 0.1) is 6.92 Å². The molecule has 1 aromatic heterocycles. The zero-order valence-electron chi connectivity index (χ0n) is 14.0. The van der Waals surface area contributed by atoms with Crippen LogP contribution in [0.4, 0.5) is 16.2 Å². The summed E-state index contributed by atoms with van der Waals surface area (Å²) in [6.07, 6.45) is 0. The third kappa shape index (κ3) is 3.77. The van der Waals surface area contributed by atoms with E-state index in [1.54, 1.807) is 24.3 Å². The Kier molecular flexibility index (Phi) is 4.65. The van der Waals surface area contributed by atoms with Crippen LogP contribution in [0.25, 0.3) is 10.9 Å². The van der Waals surface area contributed by atoms with Gasteiger partial charge in [0.1, 0.15) is 0 Å². The molecule has 0 spiro atoms. The summed E-state index contributed by atoms with van der Waals surface area (Å²) in [5, 5.41) is 15.9. The second-order valence-corrected chi connectivity index (χ2v) is 5.64. The van der Waals surface area contributed by atoms with Crippen molar-refractivity contribution in [3.8, 4) is 0 Å². The summed E-state index contributed by atoms with van der Waals surface area (Å²) in [5.74, 6) is -0.313. The summed E-state index contributed by atoms with van der Waals surface area (Å²) in [7, 11) is 0. The average molecular weight is 337 g/mol. The summed E-state index contributed by atoms with van der Waals surface area (Å²) < 4.78 is 0. The van der Waals surface area contributed by atoms with Gasteiger partial charge in [-0.1, -0.05) is 17.7 Å². The highest BCUT2D eigenvalue weighted by molar-refractivity contribution is 6.11. The van der Waals surface area contributed by atoms with E-state index < -0.39 is 0 Å². The molecule has 2 aromatic carbocycles. The number of amides is 3. The maximum atomic E-state index is 12.5. The molecule has 128 valence electrons. The summed E-state index contributed by atoms with van der Waals surface area (Å²) >= 11 is 0. The average Bonchev–Trinajstić information content (AvgIpc) is 2.98. The number of anilines is 2. The van der Waals surface area contributed by atoms with Gasteiger partial charge in [0, 0.05) is 23.3 Å². The van der Waals surface area contributed by atoms with Gasteiger partial charge in [0.2, 0.25) is 0 Å². The van der Waals surface area contributed by atoms with E-state index >= 15 is 0 Å². The summed E-state index contributed by atoms with van der Waals surface area (Å²) in [4.78, 5) is 24.1.